The summed E-state index contributed by atoms with van der Waals surface area (Å²) in [7, 11) is 0. The van der Waals surface area contributed by atoms with Crippen LogP contribution in [0.25, 0.3) is 0 Å². The molecule has 4 nitrogen and oxygen atoms in total. The van der Waals surface area contributed by atoms with Crippen LogP contribution in [-0.4, -0.2) is 20.9 Å². The quantitative estimate of drug-likeness (QED) is 0.933. The van der Waals surface area contributed by atoms with Crippen LogP contribution in [0.2, 0.25) is 0 Å². The van der Waals surface area contributed by atoms with E-state index in [1.165, 1.54) is 11.1 Å². The molecule has 1 aliphatic carbocycles. The van der Waals surface area contributed by atoms with Crippen molar-refractivity contribution in [3.8, 4) is 0 Å². The molecule has 1 heterocycles. The first kappa shape index (κ1) is 12.9. The van der Waals surface area contributed by atoms with E-state index in [-0.39, 0.29) is 5.69 Å². The molecule has 20 heavy (non-hydrogen) atoms. The van der Waals surface area contributed by atoms with Crippen molar-refractivity contribution in [3.63, 3.8) is 0 Å². The Kier molecular flexibility index (Phi) is 3.30. The summed E-state index contributed by atoms with van der Waals surface area (Å²) in [5.74, 6) is -0.910. The number of hydrogen-bond donors (Lipinski definition) is 1. The Bertz CT molecular complexity index is 658. The molecule has 0 aliphatic heterocycles. The van der Waals surface area contributed by atoms with Crippen molar-refractivity contribution < 1.29 is 9.90 Å². The largest absolute Gasteiger partial charge is 0.476 e. The van der Waals surface area contributed by atoms with Crippen molar-refractivity contribution in [2.45, 2.75) is 39.2 Å². The van der Waals surface area contributed by atoms with Crippen molar-refractivity contribution >= 4 is 5.97 Å². The lowest BCUT2D eigenvalue weighted by Crippen LogP contribution is -2.11. The average molecular weight is 270 g/mol. The molecule has 1 aromatic carbocycles. The molecule has 0 amide bonds. The van der Waals surface area contributed by atoms with E-state index < -0.39 is 5.97 Å². The molecule has 1 aromatic heterocycles. The number of carboxylic acid groups (broad SMARTS) is 1. The molecule has 2 aromatic rings. The maximum Gasteiger partial charge on any atom is 0.356 e. The van der Waals surface area contributed by atoms with Gasteiger partial charge in [0.2, 0.25) is 0 Å². The first-order valence-electron chi connectivity index (χ1n) is 7.03. The highest BCUT2D eigenvalue weighted by molar-refractivity contribution is 5.87. The second-order valence-electron chi connectivity index (χ2n) is 5.37. The average Bonchev–Trinajstić information content (AvgIpc) is 2.81. The van der Waals surface area contributed by atoms with Crippen LogP contribution in [0.5, 0.6) is 0 Å². The van der Waals surface area contributed by atoms with Crippen molar-refractivity contribution in [1.82, 2.24) is 9.78 Å². The summed E-state index contributed by atoms with van der Waals surface area (Å²) in [6, 6.07) is 8.17. The highest BCUT2D eigenvalue weighted by atomic mass is 16.4. The van der Waals surface area contributed by atoms with Crippen molar-refractivity contribution in [1.29, 1.82) is 0 Å². The highest BCUT2D eigenvalue weighted by Crippen LogP contribution is 2.25. The molecule has 3 rings (SSSR count). The minimum absolute atomic E-state index is 0.244. The molecule has 104 valence electrons. The number of aromatic carboxylic acids is 1. The SMILES string of the molecule is Cc1ccccc1Cn1nc(C(=O)O)c2c1CCCC2. The van der Waals surface area contributed by atoms with Crippen LogP contribution in [0.1, 0.15) is 45.7 Å². The summed E-state index contributed by atoms with van der Waals surface area (Å²) in [5, 5.41) is 13.6. The predicted molar refractivity (Wildman–Crippen MR) is 76.1 cm³/mol. The number of hydrogen-bond acceptors (Lipinski definition) is 2. The summed E-state index contributed by atoms with van der Waals surface area (Å²) in [6.45, 7) is 2.73. The van der Waals surface area contributed by atoms with E-state index in [2.05, 4.69) is 24.2 Å². The molecule has 4 heteroatoms. The highest BCUT2D eigenvalue weighted by Gasteiger charge is 2.24. The lowest BCUT2D eigenvalue weighted by molar-refractivity contribution is 0.0688. The molecule has 0 saturated heterocycles. The van der Waals surface area contributed by atoms with Gasteiger partial charge in [-0.2, -0.15) is 5.10 Å². The molecule has 0 spiro atoms. The van der Waals surface area contributed by atoms with E-state index in [4.69, 9.17) is 0 Å². The summed E-state index contributed by atoms with van der Waals surface area (Å²) >= 11 is 0. The summed E-state index contributed by atoms with van der Waals surface area (Å²) in [4.78, 5) is 11.3. The molecule has 1 N–H and O–H groups in total. The fraction of sp³-hybridized carbons (Fsp3) is 0.375. The van der Waals surface area contributed by atoms with Crippen LogP contribution in [0, 0.1) is 6.92 Å². The summed E-state index contributed by atoms with van der Waals surface area (Å²) in [6.07, 6.45) is 3.95. The standard InChI is InChI=1S/C16H18N2O2/c1-11-6-2-3-7-12(11)10-18-14-9-5-4-8-13(14)15(17-18)16(19)20/h2-3,6-7H,4-5,8-10H2,1H3,(H,19,20). The smallest absolute Gasteiger partial charge is 0.356 e. The number of nitrogens with zero attached hydrogens (tertiary/aromatic N) is 2. The van der Waals surface area contributed by atoms with Gasteiger partial charge in [-0.25, -0.2) is 4.79 Å². The van der Waals surface area contributed by atoms with E-state index in [1.54, 1.807) is 0 Å². The fourth-order valence-corrected chi connectivity index (χ4v) is 2.92. The van der Waals surface area contributed by atoms with E-state index in [1.807, 2.05) is 16.8 Å². The van der Waals surface area contributed by atoms with Crippen molar-refractivity contribution in [3.05, 3.63) is 52.3 Å². The number of aromatic nitrogens is 2. The van der Waals surface area contributed by atoms with Gasteiger partial charge in [-0.1, -0.05) is 24.3 Å². The summed E-state index contributed by atoms with van der Waals surface area (Å²) < 4.78 is 1.89. The monoisotopic (exact) mass is 270 g/mol. The lowest BCUT2D eigenvalue weighted by Gasteiger charge is -2.14. The third-order valence-corrected chi connectivity index (χ3v) is 4.04. The predicted octanol–water partition coefficient (Wildman–Crippen LogP) is 2.82. The van der Waals surface area contributed by atoms with E-state index >= 15 is 0 Å². The van der Waals surface area contributed by atoms with Crippen LogP contribution in [-0.2, 0) is 19.4 Å². The Morgan fingerprint density at radius 1 is 1.30 bits per heavy atom. The number of benzene rings is 1. The minimum Gasteiger partial charge on any atom is -0.476 e. The second-order valence-corrected chi connectivity index (χ2v) is 5.37. The molecule has 0 unspecified atom stereocenters. The third-order valence-electron chi connectivity index (χ3n) is 4.04. The molecule has 0 atom stereocenters. The molecule has 0 saturated carbocycles. The van der Waals surface area contributed by atoms with E-state index in [9.17, 15) is 9.90 Å². The van der Waals surface area contributed by atoms with Gasteiger partial charge in [-0.3, -0.25) is 4.68 Å². The van der Waals surface area contributed by atoms with Gasteiger partial charge in [0.25, 0.3) is 0 Å². The Labute approximate surface area is 118 Å². The molecule has 0 radical (unpaired) electrons. The maximum absolute atomic E-state index is 11.3. The number of aryl methyl sites for hydroxylation is 1. The Morgan fingerprint density at radius 3 is 2.80 bits per heavy atom. The van der Waals surface area contributed by atoms with E-state index in [0.29, 0.717) is 6.54 Å². The summed E-state index contributed by atoms with van der Waals surface area (Å²) in [5.41, 5.74) is 4.70. The van der Waals surface area contributed by atoms with Gasteiger partial charge < -0.3 is 5.11 Å². The van der Waals surface area contributed by atoms with Gasteiger partial charge in [0.15, 0.2) is 5.69 Å². The van der Waals surface area contributed by atoms with Gasteiger partial charge in [-0.05, 0) is 43.7 Å². The van der Waals surface area contributed by atoms with Crippen molar-refractivity contribution in [2.24, 2.45) is 0 Å². The zero-order valence-corrected chi connectivity index (χ0v) is 11.6. The minimum atomic E-state index is -0.910. The number of carboxylic acids is 1. The van der Waals surface area contributed by atoms with Gasteiger partial charge in [0, 0.05) is 11.3 Å². The molecular formula is C16H18N2O2. The zero-order valence-electron chi connectivity index (χ0n) is 11.6. The van der Waals surface area contributed by atoms with Crippen LogP contribution in [0.4, 0.5) is 0 Å². The normalized spacial score (nSPS) is 14.1. The molecular weight excluding hydrogens is 252 g/mol. The molecule has 1 aliphatic rings. The van der Waals surface area contributed by atoms with Gasteiger partial charge in [-0.15, -0.1) is 0 Å². The molecule has 0 fully saturated rings. The fourth-order valence-electron chi connectivity index (χ4n) is 2.92. The lowest BCUT2D eigenvalue weighted by atomic mass is 9.95. The maximum atomic E-state index is 11.3. The van der Waals surface area contributed by atoms with Crippen LogP contribution in [0.15, 0.2) is 24.3 Å². The van der Waals surface area contributed by atoms with Gasteiger partial charge >= 0.3 is 5.97 Å². The van der Waals surface area contributed by atoms with Crippen molar-refractivity contribution in [2.75, 3.05) is 0 Å². The first-order valence-corrected chi connectivity index (χ1v) is 7.03. The van der Waals surface area contributed by atoms with Gasteiger partial charge in [0.1, 0.15) is 0 Å². The first-order chi connectivity index (χ1) is 9.66. The number of carbonyl (C=O) groups is 1. The number of rotatable bonds is 3. The van der Waals surface area contributed by atoms with Gasteiger partial charge in [0.05, 0.1) is 6.54 Å². The van der Waals surface area contributed by atoms with Crippen LogP contribution < -0.4 is 0 Å². The van der Waals surface area contributed by atoms with E-state index in [0.717, 1.165) is 36.9 Å². The zero-order chi connectivity index (χ0) is 14.1. The Balaban J connectivity index is 2.02. The second kappa shape index (κ2) is 5.12. The Morgan fingerprint density at radius 2 is 2.05 bits per heavy atom. The molecule has 0 bridgehead atoms. The van der Waals surface area contributed by atoms with Crippen LogP contribution >= 0.6 is 0 Å². The van der Waals surface area contributed by atoms with Crippen LogP contribution in [0.3, 0.4) is 0 Å². The third kappa shape index (κ3) is 2.22. The Hall–Kier alpha value is -2.10. The topological polar surface area (TPSA) is 55.1 Å². The number of fused-ring (bicyclic) bond motifs is 1.